The van der Waals surface area contributed by atoms with E-state index >= 15 is 0 Å². The summed E-state index contributed by atoms with van der Waals surface area (Å²) < 4.78 is 0. The van der Waals surface area contributed by atoms with Gasteiger partial charge in [-0.05, 0) is 44.2 Å². The lowest BCUT2D eigenvalue weighted by Crippen LogP contribution is -2.46. The fourth-order valence-corrected chi connectivity index (χ4v) is 2.86. The van der Waals surface area contributed by atoms with Gasteiger partial charge in [-0.1, -0.05) is 18.0 Å². The Balaban J connectivity index is 2.00. The van der Waals surface area contributed by atoms with Gasteiger partial charge in [0.05, 0.1) is 0 Å². The third-order valence-electron chi connectivity index (χ3n) is 3.81. The van der Waals surface area contributed by atoms with E-state index < -0.39 is 0 Å². The number of rotatable bonds is 5. The molecule has 2 rings (SSSR count). The number of anilines is 1. The fraction of sp³-hybridized carbons (Fsp3) is 0.571. The van der Waals surface area contributed by atoms with Gasteiger partial charge in [0.2, 0.25) is 0 Å². The van der Waals surface area contributed by atoms with Crippen molar-refractivity contribution in [1.82, 2.24) is 5.32 Å². The molecule has 0 amide bonds. The summed E-state index contributed by atoms with van der Waals surface area (Å²) >= 11 is 5.91. The minimum atomic E-state index is 0.475. The second-order valence-electron chi connectivity index (χ2n) is 5.22. The van der Waals surface area contributed by atoms with Crippen molar-refractivity contribution in [2.45, 2.75) is 19.3 Å². The number of hydrogen-bond acceptors (Lipinski definition) is 2. The predicted octanol–water partition coefficient (Wildman–Crippen LogP) is 3.17. The summed E-state index contributed by atoms with van der Waals surface area (Å²) in [7, 11) is 4.21. The number of hydrogen-bond donors (Lipinski definition) is 1. The topological polar surface area (TPSA) is 15.3 Å². The average molecular weight is 253 g/mol. The normalized spacial score (nSPS) is 17.6. The van der Waals surface area contributed by atoms with Gasteiger partial charge >= 0.3 is 0 Å². The van der Waals surface area contributed by atoms with Crippen LogP contribution in [-0.4, -0.2) is 27.2 Å². The summed E-state index contributed by atoms with van der Waals surface area (Å²) in [6.07, 6.45) is 4.05. The van der Waals surface area contributed by atoms with Crippen molar-refractivity contribution >= 4 is 17.3 Å². The first-order valence-corrected chi connectivity index (χ1v) is 6.64. The maximum absolute atomic E-state index is 5.91. The van der Waals surface area contributed by atoms with Crippen molar-refractivity contribution in [3.8, 4) is 0 Å². The van der Waals surface area contributed by atoms with Crippen molar-refractivity contribution in [3.05, 3.63) is 29.3 Å². The lowest BCUT2D eigenvalue weighted by atomic mass is 9.68. The highest BCUT2D eigenvalue weighted by Crippen LogP contribution is 2.41. The van der Waals surface area contributed by atoms with Crippen molar-refractivity contribution in [1.29, 1.82) is 0 Å². The van der Waals surface area contributed by atoms with Crippen LogP contribution >= 0.6 is 11.6 Å². The second-order valence-corrected chi connectivity index (χ2v) is 5.65. The summed E-state index contributed by atoms with van der Waals surface area (Å²) in [5.74, 6) is 0. The van der Waals surface area contributed by atoms with Crippen molar-refractivity contribution in [3.63, 3.8) is 0 Å². The minimum Gasteiger partial charge on any atom is -0.374 e. The molecule has 0 saturated heterocycles. The van der Waals surface area contributed by atoms with Crippen LogP contribution in [0.1, 0.15) is 19.3 Å². The van der Waals surface area contributed by atoms with E-state index in [4.69, 9.17) is 11.6 Å². The molecule has 1 aliphatic rings. The highest BCUT2D eigenvalue weighted by molar-refractivity contribution is 6.30. The smallest absolute Gasteiger partial charge is 0.0407 e. The fourth-order valence-electron chi connectivity index (χ4n) is 2.73. The molecule has 0 aromatic heterocycles. The van der Waals surface area contributed by atoms with E-state index in [-0.39, 0.29) is 0 Å². The molecule has 1 fully saturated rings. The molecule has 1 aromatic rings. The predicted molar refractivity (Wildman–Crippen MR) is 74.9 cm³/mol. The SMILES string of the molecule is CNCC1(CN(C)c2ccc(Cl)cc2)CCC1. The quantitative estimate of drug-likeness (QED) is 0.866. The van der Waals surface area contributed by atoms with Gasteiger partial charge in [0, 0.05) is 36.3 Å². The Bertz CT molecular complexity index is 357. The summed E-state index contributed by atoms with van der Waals surface area (Å²) in [6, 6.07) is 8.10. The number of nitrogens with zero attached hydrogens (tertiary/aromatic N) is 1. The lowest BCUT2D eigenvalue weighted by molar-refractivity contribution is 0.143. The molecule has 0 aliphatic heterocycles. The van der Waals surface area contributed by atoms with Gasteiger partial charge in [-0.3, -0.25) is 0 Å². The highest BCUT2D eigenvalue weighted by Gasteiger charge is 2.37. The maximum atomic E-state index is 5.91. The van der Waals surface area contributed by atoms with E-state index in [2.05, 4.69) is 29.4 Å². The average Bonchev–Trinajstić information content (AvgIpc) is 2.27. The van der Waals surface area contributed by atoms with E-state index in [0.717, 1.165) is 18.1 Å². The van der Waals surface area contributed by atoms with Gasteiger partial charge in [0.25, 0.3) is 0 Å². The molecule has 94 valence electrons. The molecule has 1 aromatic carbocycles. The molecule has 3 heteroatoms. The Hall–Kier alpha value is -0.730. The molecule has 1 aliphatic carbocycles. The highest BCUT2D eigenvalue weighted by atomic mass is 35.5. The van der Waals surface area contributed by atoms with Crippen LogP contribution in [0.15, 0.2) is 24.3 Å². The van der Waals surface area contributed by atoms with Crippen LogP contribution in [0.5, 0.6) is 0 Å². The van der Waals surface area contributed by atoms with Crippen molar-refractivity contribution < 1.29 is 0 Å². The second kappa shape index (κ2) is 5.28. The molecule has 1 N–H and O–H groups in total. The molecule has 0 atom stereocenters. The van der Waals surface area contributed by atoms with E-state index in [1.807, 2.05) is 19.2 Å². The first-order chi connectivity index (χ1) is 8.15. The summed E-state index contributed by atoms with van der Waals surface area (Å²) in [5, 5.41) is 4.13. The minimum absolute atomic E-state index is 0.475. The Labute approximate surface area is 109 Å². The van der Waals surface area contributed by atoms with Crippen molar-refractivity contribution in [2.75, 3.05) is 32.1 Å². The van der Waals surface area contributed by atoms with Gasteiger partial charge < -0.3 is 10.2 Å². The van der Waals surface area contributed by atoms with Gasteiger partial charge in [0.15, 0.2) is 0 Å². The van der Waals surface area contributed by atoms with Crippen LogP contribution in [0.3, 0.4) is 0 Å². The van der Waals surface area contributed by atoms with Crippen LogP contribution in [0.4, 0.5) is 5.69 Å². The molecular weight excluding hydrogens is 232 g/mol. The standard InChI is InChI=1S/C14H21ClN2/c1-16-10-14(8-3-9-14)11-17(2)13-6-4-12(15)5-7-13/h4-7,16H,3,8-11H2,1-2H3. The number of halogens is 1. The van der Waals surface area contributed by atoms with Gasteiger partial charge in [-0.25, -0.2) is 0 Å². The first kappa shape index (κ1) is 12.7. The molecule has 2 nitrogen and oxygen atoms in total. The van der Waals surface area contributed by atoms with Gasteiger partial charge in [0.1, 0.15) is 0 Å². The summed E-state index contributed by atoms with van der Waals surface area (Å²) in [4.78, 5) is 2.34. The molecule has 1 saturated carbocycles. The van der Waals surface area contributed by atoms with Crippen LogP contribution in [0.2, 0.25) is 5.02 Å². The largest absolute Gasteiger partial charge is 0.374 e. The molecule has 0 bridgehead atoms. The van der Waals surface area contributed by atoms with Crippen molar-refractivity contribution in [2.24, 2.45) is 5.41 Å². The Morgan fingerprint density at radius 2 is 1.94 bits per heavy atom. The molecular formula is C14H21ClN2. The third kappa shape index (κ3) is 2.93. The molecule has 0 radical (unpaired) electrons. The third-order valence-corrected chi connectivity index (χ3v) is 4.06. The van der Waals surface area contributed by atoms with Crippen LogP contribution in [0, 0.1) is 5.41 Å². The maximum Gasteiger partial charge on any atom is 0.0407 e. The molecule has 0 unspecified atom stereocenters. The van der Waals surface area contributed by atoms with E-state index in [1.54, 1.807) is 0 Å². The first-order valence-electron chi connectivity index (χ1n) is 6.27. The zero-order valence-electron chi connectivity index (χ0n) is 10.7. The van der Waals surface area contributed by atoms with E-state index in [1.165, 1.54) is 24.9 Å². The zero-order chi connectivity index (χ0) is 12.3. The Morgan fingerprint density at radius 3 is 2.41 bits per heavy atom. The van der Waals surface area contributed by atoms with Crippen LogP contribution in [0.25, 0.3) is 0 Å². The van der Waals surface area contributed by atoms with Crippen LogP contribution < -0.4 is 10.2 Å². The van der Waals surface area contributed by atoms with Gasteiger partial charge in [-0.15, -0.1) is 0 Å². The summed E-state index contributed by atoms with van der Waals surface area (Å²) in [5.41, 5.74) is 1.72. The number of nitrogens with one attached hydrogen (secondary N) is 1. The number of benzene rings is 1. The lowest BCUT2D eigenvalue weighted by Gasteiger charge is -2.45. The molecule has 0 heterocycles. The Morgan fingerprint density at radius 1 is 1.29 bits per heavy atom. The Kier molecular flexibility index (Phi) is 3.95. The molecule has 17 heavy (non-hydrogen) atoms. The van der Waals surface area contributed by atoms with E-state index in [0.29, 0.717) is 5.41 Å². The monoisotopic (exact) mass is 252 g/mol. The van der Waals surface area contributed by atoms with Crippen LogP contribution in [-0.2, 0) is 0 Å². The molecule has 0 spiro atoms. The summed E-state index contributed by atoms with van der Waals surface area (Å²) in [6.45, 7) is 2.24. The van der Waals surface area contributed by atoms with E-state index in [9.17, 15) is 0 Å². The van der Waals surface area contributed by atoms with Gasteiger partial charge in [-0.2, -0.15) is 0 Å². The zero-order valence-corrected chi connectivity index (χ0v) is 11.4.